The zero-order valence-corrected chi connectivity index (χ0v) is 9.80. The van der Waals surface area contributed by atoms with Gasteiger partial charge in [-0.25, -0.2) is 0 Å². The Labute approximate surface area is 98.8 Å². The number of carbonyl (C=O) groups excluding carboxylic acids is 1. The molecule has 86 valence electrons. The van der Waals surface area contributed by atoms with Crippen molar-refractivity contribution < 1.29 is 4.79 Å². The molecule has 1 heterocycles. The number of aromatic amines is 1. The molecule has 1 fully saturated rings. The number of amides is 1. The van der Waals surface area contributed by atoms with Crippen molar-refractivity contribution in [3.63, 3.8) is 0 Å². The molecule has 16 heavy (non-hydrogen) atoms. The van der Waals surface area contributed by atoms with Crippen LogP contribution in [-0.4, -0.2) is 21.1 Å². The van der Waals surface area contributed by atoms with Gasteiger partial charge in [0.1, 0.15) is 0 Å². The third-order valence-electron chi connectivity index (χ3n) is 3.06. The minimum atomic E-state index is -0.661. The number of hydrogen-bond donors (Lipinski definition) is 3. The lowest BCUT2D eigenvalue weighted by Gasteiger charge is -2.43. The monoisotopic (exact) mass is 238 g/mol. The van der Waals surface area contributed by atoms with E-state index in [1.54, 1.807) is 12.4 Å². The van der Waals surface area contributed by atoms with Crippen molar-refractivity contribution in [2.75, 3.05) is 5.32 Å². The van der Waals surface area contributed by atoms with Crippen LogP contribution in [-0.2, 0) is 4.79 Å². The highest BCUT2D eigenvalue weighted by Crippen LogP contribution is 2.46. The number of rotatable bonds is 3. The highest BCUT2D eigenvalue weighted by molar-refractivity contribution is 7.80. The zero-order valence-electron chi connectivity index (χ0n) is 8.99. The Morgan fingerprint density at radius 1 is 1.75 bits per heavy atom. The standard InChI is InChI=1S/C10H14N4OS/c1-6-2-10(3-6,8(11)16)9(15)14-7-4-12-13-5-7/h4-6H,2-3H2,1H3,(H2,11,16)(H,12,13)(H,14,15). The van der Waals surface area contributed by atoms with Crippen molar-refractivity contribution >= 4 is 28.8 Å². The smallest absolute Gasteiger partial charge is 0.237 e. The number of anilines is 1. The average molecular weight is 238 g/mol. The van der Waals surface area contributed by atoms with E-state index in [0.29, 0.717) is 11.6 Å². The summed E-state index contributed by atoms with van der Waals surface area (Å²) in [5, 5.41) is 9.16. The molecule has 6 heteroatoms. The lowest BCUT2D eigenvalue weighted by molar-refractivity contribution is -0.127. The second kappa shape index (κ2) is 3.86. The number of nitrogens with zero attached hydrogens (tertiary/aromatic N) is 1. The van der Waals surface area contributed by atoms with Gasteiger partial charge in [0.15, 0.2) is 0 Å². The van der Waals surface area contributed by atoms with Crippen molar-refractivity contribution in [2.24, 2.45) is 17.1 Å². The van der Waals surface area contributed by atoms with Crippen LogP contribution < -0.4 is 11.1 Å². The molecule has 1 aliphatic rings. The molecule has 0 unspecified atom stereocenters. The van der Waals surface area contributed by atoms with Crippen LogP contribution in [0.1, 0.15) is 19.8 Å². The highest BCUT2D eigenvalue weighted by atomic mass is 32.1. The van der Waals surface area contributed by atoms with Gasteiger partial charge >= 0.3 is 0 Å². The van der Waals surface area contributed by atoms with E-state index in [0.717, 1.165) is 12.8 Å². The Balaban J connectivity index is 2.10. The van der Waals surface area contributed by atoms with Crippen molar-refractivity contribution in [3.05, 3.63) is 12.4 Å². The zero-order chi connectivity index (χ0) is 11.8. The average Bonchev–Trinajstić information content (AvgIpc) is 2.64. The fourth-order valence-electron chi connectivity index (χ4n) is 2.20. The van der Waals surface area contributed by atoms with Gasteiger partial charge in [0, 0.05) is 6.20 Å². The number of aromatic nitrogens is 2. The van der Waals surface area contributed by atoms with E-state index in [1.165, 1.54) is 0 Å². The molecule has 5 nitrogen and oxygen atoms in total. The maximum atomic E-state index is 12.1. The van der Waals surface area contributed by atoms with Crippen LogP contribution in [0.25, 0.3) is 0 Å². The number of nitrogens with two attached hydrogens (primary N) is 1. The van der Waals surface area contributed by atoms with Crippen LogP contribution in [0, 0.1) is 11.3 Å². The molecule has 0 atom stereocenters. The van der Waals surface area contributed by atoms with Gasteiger partial charge in [0.25, 0.3) is 0 Å². The summed E-state index contributed by atoms with van der Waals surface area (Å²) in [6.07, 6.45) is 4.62. The van der Waals surface area contributed by atoms with Crippen LogP contribution in [0.2, 0.25) is 0 Å². The van der Waals surface area contributed by atoms with E-state index in [9.17, 15) is 4.79 Å². The molecule has 4 N–H and O–H groups in total. The molecule has 1 amide bonds. The molecule has 1 saturated carbocycles. The Morgan fingerprint density at radius 3 is 2.88 bits per heavy atom. The second-order valence-corrected chi connectivity index (χ2v) is 4.84. The van der Waals surface area contributed by atoms with Gasteiger partial charge in [-0.3, -0.25) is 9.89 Å². The van der Waals surface area contributed by atoms with E-state index in [-0.39, 0.29) is 10.9 Å². The van der Waals surface area contributed by atoms with Crippen molar-refractivity contribution in [3.8, 4) is 0 Å². The molecule has 0 spiro atoms. The van der Waals surface area contributed by atoms with Crippen LogP contribution in [0.4, 0.5) is 5.69 Å². The maximum absolute atomic E-state index is 12.1. The van der Waals surface area contributed by atoms with E-state index < -0.39 is 5.41 Å². The first-order valence-corrected chi connectivity index (χ1v) is 5.55. The molecular formula is C10H14N4OS. The summed E-state index contributed by atoms with van der Waals surface area (Å²) in [5.41, 5.74) is 5.65. The van der Waals surface area contributed by atoms with Gasteiger partial charge in [-0.1, -0.05) is 19.1 Å². The minimum absolute atomic E-state index is 0.125. The fraction of sp³-hybridized carbons (Fsp3) is 0.500. The van der Waals surface area contributed by atoms with Gasteiger partial charge in [0.05, 0.1) is 22.3 Å². The van der Waals surface area contributed by atoms with Crippen LogP contribution in [0.15, 0.2) is 12.4 Å². The van der Waals surface area contributed by atoms with Gasteiger partial charge in [0.2, 0.25) is 5.91 Å². The number of nitrogens with one attached hydrogen (secondary N) is 2. The Bertz CT molecular complexity index is 408. The van der Waals surface area contributed by atoms with E-state index in [2.05, 4.69) is 22.4 Å². The van der Waals surface area contributed by atoms with Crippen LogP contribution >= 0.6 is 12.2 Å². The molecule has 1 aliphatic carbocycles. The molecular weight excluding hydrogens is 224 g/mol. The summed E-state index contributed by atoms with van der Waals surface area (Å²) < 4.78 is 0. The first-order chi connectivity index (χ1) is 7.54. The highest BCUT2D eigenvalue weighted by Gasteiger charge is 2.50. The second-order valence-electron chi connectivity index (χ2n) is 4.40. The molecule has 0 bridgehead atoms. The lowest BCUT2D eigenvalue weighted by Crippen LogP contribution is -2.53. The van der Waals surface area contributed by atoms with Gasteiger partial charge < -0.3 is 11.1 Å². The SMILES string of the molecule is CC1CC(C(=O)Nc2cn[nH]c2)(C(N)=S)C1. The summed E-state index contributed by atoms with van der Waals surface area (Å²) in [5.74, 6) is 0.371. The summed E-state index contributed by atoms with van der Waals surface area (Å²) >= 11 is 5.00. The van der Waals surface area contributed by atoms with Crippen LogP contribution in [0.5, 0.6) is 0 Å². The molecule has 2 rings (SSSR count). The Kier molecular flexibility index (Phi) is 2.67. The lowest BCUT2D eigenvalue weighted by atomic mass is 9.62. The number of H-pyrrole nitrogens is 1. The number of carbonyl (C=O) groups is 1. The number of thiocarbonyl (C=S) groups is 1. The van der Waals surface area contributed by atoms with Gasteiger partial charge in [-0.15, -0.1) is 0 Å². The minimum Gasteiger partial charge on any atom is -0.392 e. The Hall–Kier alpha value is -1.43. The molecule has 0 radical (unpaired) electrons. The summed E-state index contributed by atoms with van der Waals surface area (Å²) in [4.78, 5) is 12.4. The molecule has 1 aromatic heterocycles. The van der Waals surface area contributed by atoms with E-state index in [4.69, 9.17) is 18.0 Å². The summed E-state index contributed by atoms with van der Waals surface area (Å²) in [7, 11) is 0. The largest absolute Gasteiger partial charge is 0.392 e. The maximum Gasteiger partial charge on any atom is 0.237 e. The predicted octanol–water partition coefficient (Wildman–Crippen LogP) is 1.05. The molecule has 0 saturated heterocycles. The van der Waals surface area contributed by atoms with Crippen molar-refractivity contribution in [1.29, 1.82) is 0 Å². The van der Waals surface area contributed by atoms with Gasteiger partial charge in [-0.05, 0) is 18.8 Å². The third-order valence-corrected chi connectivity index (χ3v) is 3.45. The summed E-state index contributed by atoms with van der Waals surface area (Å²) in [6, 6.07) is 0. The Morgan fingerprint density at radius 2 is 2.44 bits per heavy atom. The van der Waals surface area contributed by atoms with Crippen LogP contribution in [0.3, 0.4) is 0 Å². The fourth-order valence-corrected chi connectivity index (χ4v) is 2.46. The van der Waals surface area contributed by atoms with Crippen molar-refractivity contribution in [1.82, 2.24) is 10.2 Å². The predicted molar refractivity (Wildman–Crippen MR) is 64.8 cm³/mol. The topological polar surface area (TPSA) is 83.8 Å². The third kappa shape index (κ3) is 1.69. The van der Waals surface area contributed by atoms with E-state index >= 15 is 0 Å². The van der Waals surface area contributed by atoms with E-state index in [1.807, 2.05) is 0 Å². The van der Waals surface area contributed by atoms with Crippen molar-refractivity contribution in [2.45, 2.75) is 19.8 Å². The quantitative estimate of drug-likeness (QED) is 0.687. The van der Waals surface area contributed by atoms with Gasteiger partial charge in [-0.2, -0.15) is 5.10 Å². The first kappa shape index (κ1) is 11.1. The normalized spacial score (nSPS) is 28.2. The first-order valence-electron chi connectivity index (χ1n) is 5.15. The molecule has 1 aromatic rings. The molecule has 0 aromatic carbocycles. The number of hydrogen-bond acceptors (Lipinski definition) is 3. The molecule has 0 aliphatic heterocycles. The summed E-state index contributed by atoms with van der Waals surface area (Å²) in [6.45, 7) is 2.08.